The van der Waals surface area contributed by atoms with Gasteiger partial charge in [0.2, 0.25) is 0 Å². The van der Waals surface area contributed by atoms with Crippen LogP contribution in [0.2, 0.25) is 0 Å². The Morgan fingerprint density at radius 1 is 0.885 bits per heavy atom. The summed E-state index contributed by atoms with van der Waals surface area (Å²) in [6, 6.07) is 10.3. The van der Waals surface area contributed by atoms with Gasteiger partial charge in [0.1, 0.15) is 12.2 Å². The van der Waals surface area contributed by atoms with Gasteiger partial charge in [0.15, 0.2) is 0 Å². The van der Waals surface area contributed by atoms with Crippen molar-refractivity contribution < 1.29 is 19.1 Å². The normalized spacial score (nSPS) is 12.0. The quantitative estimate of drug-likeness (QED) is 0.525. The van der Waals surface area contributed by atoms with Gasteiger partial charge in [-0.3, -0.25) is 0 Å². The highest BCUT2D eigenvalue weighted by Gasteiger charge is 2.17. The molecule has 1 aromatic carbocycles. The molecule has 1 aromatic rings. The Bertz CT molecular complexity index is 715. The van der Waals surface area contributed by atoms with Crippen molar-refractivity contribution in [3.8, 4) is 12.1 Å². The van der Waals surface area contributed by atoms with Crippen molar-refractivity contribution in [2.24, 2.45) is 0 Å². The van der Waals surface area contributed by atoms with E-state index in [-0.39, 0.29) is 24.0 Å². The van der Waals surface area contributed by atoms with E-state index in [1.165, 1.54) is 0 Å². The van der Waals surface area contributed by atoms with E-state index >= 15 is 0 Å². The molecule has 0 heterocycles. The molecule has 0 aromatic heterocycles. The Hall–Kier alpha value is -3.38. The van der Waals surface area contributed by atoms with E-state index in [2.05, 4.69) is 13.2 Å². The maximum absolute atomic E-state index is 12.0. The molecule has 26 heavy (non-hydrogen) atoms. The summed E-state index contributed by atoms with van der Waals surface area (Å²) >= 11 is 0. The van der Waals surface area contributed by atoms with Crippen molar-refractivity contribution in [3.05, 3.63) is 48.6 Å². The summed E-state index contributed by atoms with van der Waals surface area (Å²) in [4.78, 5) is 24.0. The lowest BCUT2D eigenvalue weighted by Crippen LogP contribution is -2.15. The Labute approximate surface area is 152 Å². The topological polar surface area (TPSA) is 100 Å². The van der Waals surface area contributed by atoms with E-state index in [1.54, 1.807) is 38.1 Å². The first kappa shape index (κ1) is 20.7. The van der Waals surface area contributed by atoms with Gasteiger partial charge >= 0.3 is 11.9 Å². The first-order chi connectivity index (χ1) is 12.3. The van der Waals surface area contributed by atoms with Crippen molar-refractivity contribution in [1.29, 1.82) is 10.5 Å². The Balaban J connectivity index is 2.76. The van der Waals surface area contributed by atoms with Gasteiger partial charge in [0.25, 0.3) is 0 Å². The number of ether oxygens (including phenoxy) is 2. The van der Waals surface area contributed by atoms with Crippen LogP contribution in [0.1, 0.15) is 37.8 Å². The number of nitrogens with zero attached hydrogens (tertiary/aromatic N) is 2. The molecule has 0 aliphatic heterocycles. The minimum absolute atomic E-state index is 0.101. The fourth-order valence-corrected chi connectivity index (χ4v) is 1.96. The molecule has 0 fully saturated rings. The molecule has 134 valence electrons. The van der Waals surface area contributed by atoms with Gasteiger partial charge in [0, 0.05) is 0 Å². The third-order valence-corrected chi connectivity index (χ3v) is 3.45. The van der Waals surface area contributed by atoms with Crippen molar-refractivity contribution >= 4 is 23.1 Å². The van der Waals surface area contributed by atoms with Crippen LogP contribution >= 0.6 is 0 Å². The van der Waals surface area contributed by atoms with Gasteiger partial charge in [-0.05, 0) is 25.0 Å². The number of benzene rings is 1. The molecule has 0 saturated carbocycles. The Kier molecular flexibility index (Phi) is 7.79. The molecule has 0 saturated heterocycles. The van der Waals surface area contributed by atoms with E-state index in [0.717, 1.165) is 0 Å². The zero-order valence-corrected chi connectivity index (χ0v) is 14.8. The largest absolute Gasteiger partial charge is 0.458 e. The lowest BCUT2D eigenvalue weighted by atomic mass is 10.0. The molecule has 1 rings (SSSR count). The molecular formula is C20H20N2O4. The fraction of sp³-hybridized carbons (Fsp3) is 0.300. The lowest BCUT2D eigenvalue weighted by Gasteiger charge is -2.13. The predicted octanol–water partition coefficient (Wildman–Crippen LogP) is 3.40. The number of carbonyl (C=O) groups excluding carboxylic acids is 2. The van der Waals surface area contributed by atoms with Gasteiger partial charge in [-0.1, -0.05) is 37.4 Å². The maximum Gasteiger partial charge on any atom is 0.338 e. The van der Waals surface area contributed by atoms with E-state index < -0.39 is 24.1 Å². The van der Waals surface area contributed by atoms with Gasteiger partial charge < -0.3 is 9.47 Å². The number of esters is 2. The minimum Gasteiger partial charge on any atom is -0.458 e. The van der Waals surface area contributed by atoms with Gasteiger partial charge in [-0.25, -0.2) is 9.59 Å². The molecule has 0 amide bonds. The van der Waals surface area contributed by atoms with E-state index in [0.29, 0.717) is 11.1 Å². The molecular weight excluding hydrogens is 332 g/mol. The third-order valence-electron chi connectivity index (χ3n) is 3.45. The molecule has 6 heteroatoms. The average molecular weight is 352 g/mol. The SMILES string of the molecule is C=C(C(=O)OC(C)CC#N)c1ccc(C(=C)C(=O)OC(C)CC#N)cc1. The molecule has 0 radical (unpaired) electrons. The summed E-state index contributed by atoms with van der Waals surface area (Å²) in [5.41, 5.74) is 1.36. The summed E-state index contributed by atoms with van der Waals surface area (Å²) in [5, 5.41) is 17.2. The molecule has 0 aliphatic carbocycles. The van der Waals surface area contributed by atoms with Crippen molar-refractivity contribution in [1.82, 2.24) is 0 Å². The molecule has 0 spiro atoms. The van der Waals surface area contributed by atoms with Crippen molar-refractivity contribution in [3.63, 3.8) is 0 Å². The highest BCUT2D eigenvalue weighted by molar-refractivity contribution is 6.17. The molecule has 6 nitrogen and oxygen atoms in total. The predicted molar refractivity (Wildman–Crippen MR) is 96.1 cm³/mol. The van der Waals surface area contributed by atoms with Gasteiger partial charge in [0.05, 0.1) is 36.1 Å². The molecule has 0 bridgehead atoms. The Morgan fingerprint density at radius 2 is 1.19 bits per heavy atom. The zero-order chi connectivity index (χ0) is 19.7. The lowest BCUT2D eigenvalue weighted by molar-refractivity contribution is -0.141. The van der Waals surface area contributed by atoms with Crippen molar-refractivity contribution in [2.45, 2.75) is 38.9 Å². The van der Waals surface area contributed by atoms with E-state index in [1.807, 2.05) is 12.1 Å². The van der Waals surface area contributed by atoms with Crippen LogP contribution < -0.4 is 0 Å². The van der Waals surface area contributed by atoms with Crippen LogP contribution in [0.3, 0.4) is 0 Å². The summed E-state index contributed by atoms with van der Waals surface area (Å²) in [6.45, 7) is 10.7. The standard InChI is InChI=1S/C20H20N2O4/c1-13(9-11-21)25-19(23)15(3)17-5-7-18(8-6-17)16(4)20(24)26-14(2)10-12-22/h5-8,13-14H,3-4,9-10H2,1-2H3. The first-order valence-corrected chi connectivity index (χ1v) is 7.94. The summed E-state index contributed by atoms with van der Waals surface area (Å²) in [6.07, 6.45) is -0.837. The molecule has 0 aliphatic rings. The van der Waals surface area contributed by atoms with Crippen LogP contribution in [0.15, 0.2) is 37.4 Å². The monoisotopic (exact) mass is 352 g/mol. The fourth-order valence-electron chi connectivity index (χ4n) is 1.96. The van der Waals surface area contributed by atoms with Crippen LogP contribution in [0.5, 0.6) is 0 Å². The second-order valence-electron chi connectivity index (χ2n) is 5.69. The number of nitriles is 2. The highest BCUT2D eigenvalue weighted by Crippen LogP contribution is 2.20. The van der Waals surface area contributed by atoms with Gasteiger partial charge in [-0.15, -0.1) is 0 Å². The molecule has 2 unspecified atom stereocenters. The van der Waals surface area contributed by atoms with Gasteiger partial charge in [-0.2, -0.15) is 10.5 Å². The van der Waals surface area contributed by atoms with Crippen LogP contribution in [-0.2, 0) is 19.1 Å². The zero-order valence-electron chi connectivity index (χ0n) is 14.8. The minimum atomic E-state index is -0.607. The van der Waals surface area contributed by atoms with Crippen LogP contribution in [-0.4, -0.2) is 24.1 Å². The second kappa shape index (κ2) is 9.80. The summed E-state index contributed by atoms with van der Waals surface area (Å²) in [5.74, 6) is -1.21. The summed E-state index contributed by atoms with van der Waals surface area (Å²) < 4.78 is 10.2. The van der Waals surface area contributed by atoms with Crippen LogP contribution in [0.4, 0.5) is 0 Å². The first-order valence-electron chi connectivity index (χ1n) is 7.94. The smallest absolute Gasteiger partial charge is 0.338 e. The number of hydrogen-bond acceptors (Lipinski definition) is 6. The third kappa shape index (κ3) is 5.92. The number of carbonyl (C=O) groups is 2. The molecule has 0 N–H and O–H groups in total. The van der Waals surface area contributed by atoms with E-state index in [9.17, 15) is 9.59 Å². The summed E-state index contributed by atoms with van der Waals surface area (Å²) in [7, 11) is 0. The Morgan fingerprint density at radius 3 is 1.46 bits per heavy atom. The second-order valence-corrected chi connectivity index (χ2v) is 5.69. The van der Waals surface area contributed by atoms with E-state index in [4.69, 9.17) is 20.0 Å². The number of hydrogen-bond donors (Lipinski definition) is 0. The van der Waals surface area contributed by atoms with Crippen LogP contribution in [0, 0.1) is 22.7 Å². The van der Waals surface area contributed by atoms with Crippen molar-refractivity contribution in [2.75, 3.05) is 0 Å². The van der Waals surface area contributed by atoms with Crippen LogP contribution in [0.25, 0.3) is 11.1 Å². The molecule has 2 atom stereocenters. The maximum atomic E-state index is 12.0. The number of rotatable bonds is 8. The average Bonchev–Trinajstić information content (AvgIpc) is 2.60. The highest BCUT2D eigenvalue weighted by atomic mass is 16.5.